The Kier molecular flexibility index (Phi) is 6.15. The number of aromatic nitrogens is 1. The van der Waals surface area contributed by atoms with Gasteiger partial charge in [0.05, 0.1) is 10.4 Å². The molecule has 4 rings (SSSR count). The summed E-state index contributed by atoms with van der Waals surface area (Å²) in [6.45, 7) is 1.94. The summed E-state index contributed by atoms with van der Waals surface area (Å²) in [4.78, 5) is 9.20. The fraction of sp³-hybridized carbons (Fsp3) is 0.286. The van der Waals surface area contributed by atoms with Gasteiger partial charge in [-0.25, -0.2) is 17.2 Å². The molecule has 1 aliphatic rings. The molecule has 1 atom stereocenters. The zero-order valence-corrected chi connectivity index (χ0v) is 17.4. The first kappa shape index (κ1) is 22.8. The van der Waals surface area contributed by atoms with Crippen LogP contribution >= 0.6 is 0 Å². The van der Waals surface area contributed by atoms with Crippen LogP contribution in [-0.4, -0.2) is 35.7 Å². The quantitative estimate of drug-likeness (QED) is 0.616. The molecular formula is C21H21F3N2O4S. The number of nitrogens with zero attached hydrogens (tertiary/aromatic N) is 1. The van der Waals surface area contributed by atoms with Crippen molar-refractivity contribution in [3.63, 3.8) is 0 Å². The molecule has 2 aromatic carbocycles. The zero-order valence-electron chi connectivity index (χ0n) is 16.6. The molecule has 10 heteroatoms. The van der Waals surface area contributed by atoms with E-state index in [4.69, 9.17) is 15.6 Å². The van der Waals surface area contributed by atoms with Crippen molar-refractivity contribution in [2.45, 2.75) is 43.3 Å². The maximum atomic E-state index is 13.0. The number of carboxylic acids is 1. The number of alkyl halides is 3. The van der Waals surface area contributed by atoms with Crippen molar-refractivity contribution in [1.82, 2.24) is 3.97 Å². The third-order valence-electron chi connectivity index (χ3n) is 5.12. The monoisotopic (exact) mass is 454 g/mol. The highest BCUT2D eigenvalue weighted by atomic mass is 32.2. The highest BCUT2D eigenvalue weighted by Gasteiger charge is 2.38. The van der Waals surface area contributed by atoms with Gasteiger partial charge < -0.3 is 10.8 Å². The number of hydrogen-bond acceptors (Lipinski definition) is 4. The molecule has 0 aliphatic heterocycles. The van der Waals surface area contributed by atoms with Crippen LogP contribution in [0.25, 0.3) is 10.9 Å². The third-order valence-corrected chi connectivity index (χ3v) is 6.82. The minimum absolute atomic E-state index is 0.153. The standard InChI is InChI=1S/C19H20N2O2S.C2HF3O2/c1-13-2-7-16(8-3-13)24(22,23)21-11-10-17-18-12-15(20)6-4-14(18)5-9-19(17)21;3-2(4,5)1(6)7/h2-3,5,7-11,15H,4,6,12,20H2,1H3;(H,6,7). The highest BCUT2D eigenvalue weighted by Crippen LogP contribution is 2.31. The fourth-order valence-electron chi connectivity index (χ4n) is 3.51. The summed E-state index contributed by atoms with van der Waals surface area (Å²) in [5, 5.41) is 8.12. The summed E-state index contributed by atoms with van der Waals surface area (Å²) < 4.78 is 59.1. The Balaban J connectivity index is 0.000000339. The van der Waals surface area contributed by atoms with Crippen LogP contribution < -0.4 is 5.73 Å². The van der Waals surface area contributed by atoms with Crippen LogP contribution in [0.4, 0.5) is 13.2 Å². The van der Waals surface area contributed by atoms with E-state index in [1.807, 2.05) is 37.3 Å². The Bertz CT molecular complexity index is 1220. The van der Waals surface area contributed by atoms with Crippen molar-refractivity contribution >= 4 is 26.9 Å². The Morgan fingerprint density at radius 2 is 1.74 bits per heavy atom. The van der Waals surface area contributed by atoms with E-state index in [1.165, 1.54) is 15.1 Å². The number of benzene rings is 2. The van der Waals surface area contributed by atoms with Crippen molar-refractivity contribution in [2.75, 3.05) is 0 Å². The summed E-state index contributed by atoms with van der Waals surface area (Å²) in [5.74, 6) is -2.76. The summed E-state index contributed by atoms with van der Waals surface area (Å²) >= 11 is 0. The number of fused-ring (bicyclic) bond motifs is 3. The SMILES string of the molecule is Cc1ccc(S(=O)(=O)n2ccc3c4c(ccc32)CCC(N)C4)cc1.O=C(O)C(F)(F)F. The Hall–Kier alpha value is -2.85. The number of carboxylic acid groups (broad SMARTS) is 1. The molecule has 0 amide bonds. The molecule has 0 radical (unpaired) electrons. The molecule has 1 heterocycles. The van der Waals surface area contributed by atoms with Crippen LogP contribution in [0.2, 0.25) is 0 Å². The van der Waals surface area contributed by atoms with Gasteiger partial charge in [0.25, 0.3) is 10.0 Å². The summed E-state index contributed by atoms with van der Waals surface area (Å²) in [7, 11) is -3.59. The predicted molar refractivity (Wildman–Crippen MR) is 109 cm³/mol. The lowest BCUT2D eigenvalue weighted by Crippen LogP contribution is -2.27. The molecule has 1 aliphatic carbocycles. The van der Waals surface area contributed by atoms with Gasteiger partial charge in [-0.2, -0.15) is 13.2 Å². The molecule has 0 saturated heterocycles. The van der Waals surface area contributed by atoms with E-state index < -0.39 is 22.2 Å². The van der Waals surface area contributed by atoms with Crippen molar-refractivity contribution in [1.29, 1.82) is 0 Å². The average molecular weight is 454 g/mol. The second-order valence-corrected chi connectivity index (χ2v) is 9.19. The van der Waals surface area contributed by atoms with Crippen LogP contribution in [0, 0.1) is 6.92 Å². The summed E-state index contributed by atoms with van der Waals surface area (Å²) in [6, 6.07) is 13.0. The van der Waals surface area contributed by atoms with Crippen molar-refractivity contribution < 1.29 is 31.5 Å². The number of nitrogens with two attached hydrogens (primary N) is 1. The van der Waals surface area contributed by atoms with Crippen molar-refractivity contribution in [2.24, 2.45) is 5.73 Å². The number of rotatable bonds is 2. The maximum Gasteiger partial charge on any atom is 0.490 e. The normalized spacial score (nSPS) is 16.4. The maximum absolute atomic E-state index is 13.0. The van der Waals surface area contributed by atoms with E-state index >= 15 is 0 Å². The number of aryl methyl sites for hydroxylation is 2. The molecular weight excluding hydrogens is 433 g/mol. The van der Waals surface area contributed by atoms with E-state index in [1.54, 1.807) is 18.3 Å². The van der Waals surface area contributed by atoms with Gasteiger partial charge in [0.2, 0.25) is 0 Å². The minimum atomic E-state index is -5.08. The van der Waals surface area contributed by atoms with Gasteiger partial charge in [-0.05, 0) is 61.6 Å². The third kappa shape index (κ3) is 4.75. The topological polar surface area (TPSA) is 102 Å². The first-order valence-corrected chi connectivity index (χ1v) is 10.8. The van der Waals surface area contributed by atoms with Gasteiger partial charge in [-0.1, -0.05) is 23.8 Å². The van der Waals surface area contributed by atoms with Crippen molar-refractivity contribution in [3.8, 4) is 0 Å². The molecule has 3 N–H and O–H groups in total. The Morgan fingerprint density at radius 1 is 1.13 bits per heavy atom. The number of halogens is 3. The second-order valence-electron chi connectivity index (χ2n) is 7.37. The molecule has 1 unspecified atom stereocenters. The van der Waals surface area contributed by atoms with Gasteiger partial charge >= 0.3 is 12.1 Å². The molecule has 3 aromatic rings. The van der Waals surface area contributed by atoms with Crippen molar-refractivity contribution in [3.05, 3.63) is 65.4 Å². The lowest BCUT2D eigenvalue weighted by molar-refractivity contribution is -0.192. The molecule has 0 saturated carbocycles. The van der Waals surface area contributed by atoms with Gasteiger partial charge in [-0.3, -0.25) is 0 Å². The zero-order chi connectivity index (χ0) is 23.0. The molecule has 0 fully saturated rings. The molecule has 6 nitrogen and oxygen atoms in total. The molecule has 0 bridgehead atoms. The van der Waals surface area contributed by atoms with E-state index in [9.17, 15) is 21.6 Å². The summed E-state index contributed by atoms with van der Waals surface area (Å²) in [6.07, 6.45) is -0.676. The predicted octanol–water partition coefficient (Wildman–Crippen LogP) is 3.64. The van der Waals surface area contributed by atoms with E-state index in [0.717, 1.165) is 35.7 Å². The van der Waals surface area contributed by atoms with Crippen LogP contribution in [0.5, 0.6) is 0 Å². The minimum Gasteiger partial charge on any atom is -0.475 e. The largest absolute Gasteiger partial charge is 0.490 e. The van der Waals surface area contributed by atoms with Gasteiger partial charge in [0, 0.05) is 17.6 Å². The van der Waals surface area contributed by atoms with Crippen LogP contribution in [0.15, 0.2) is 53.6 Å². The number of carbonyl (C=O) groups is 1. The molecule has 0 spiro atoms. The van der Waals surface area contributed by atoms with Gasteiger partial charge in [0.1, 0.15) is 0 Å². The first-order chi connectivity index (χ1) is 14.4. The Labute approximate surface area is 177 Å². The van der Waals surface area contributed by atoms with E-state index in [0.29, 0.717) is 4.90 Å². The lowest BCUT2D eigenvalue weighted by Gasteiger charge is -2.22. The second kappa shape index (κ2) is 8.35. The van der Waals surface area contributed by atoms with E-state index in [-0.39, 0.29) is 6.04 Å². The van der Waals surface area contributed by atoms with Crippen LogP contribution in [-0.2, 0) is 27.7 Å². The highest BCUT2D eigenvalue weighted by molar-refractivity contribution is 7.90. The van der Waals surface area contributed by atoms with Gasteiger partial charge in [0.15, 0.2) is 0 Å². The number of aliphatic carboxylic acids is 1. The lowest BCUT2D eigenvalue weighted by atomic mass is 9.87. The molecule has 31 heavy (non-hydrogen) atoms. The van der Waals surface area contributed by atoms with Gasteiger partial charge in [-0.15, -0.1) is 0 Å². The molecule has 1 aromatic heterocycles. The average Bonchev–Trinajstić information content (AvgIpc) is 3.13. The van der Waals surface area contributed by atoms with E-state index in [2.05, 4.69) is 0 Å². The fourth-order valence-corrected chi connectivity index (χ4v) is 4.86. The van der Waals surface area contributed by atoms with Crippen LogP contribution in [0.1, 0.15) is 23.1 Å². The first-order valence-electron chi connectivity index (χ1n) is 9.41. The number of hydrogen-bond donors (Lipinski definition) is 2. The summed E-state index contributed by atoms with van der Waals surface area (Å²) in [5.41, 5.74) is 10.4. The van der Waals surface area contributed by atoms with Crippen LogP contribution in [0.3, 0.4) is 0 Å². The Morgan fingerprint density at radius 3 is 2.32 bits per heavy atom. The molecule has 166 valence electrons. The smallest absolute Gasteiger partial charge is 0.475 e.